The van der Waals surface area contributed by atoms with Crippen molar-refractivity contribution in [3.05, 3.63) is 0 Å². The summed E-state index contributed by atoms with van der Waals surface area (Å²) < 4.78 is 5.12. The Hall–Kier alpha value is -1.30. The number of carbonyl (C=O) groups is 2. The largest absolute Gasteiger partial charge is 0.481 e. The predicted octanol–water partition coefficient (Wildman–Crippen LogP) is 1.55. The molecule has 6 heteroatoms. The number of carboxylic acids is 1. The van der Waals surface area contributed by atoms with E-state index in [1.807, 2.05) is 13.8 Å². The van der Waals surface area contributed by atoms with Gasteiger partial charge in [-0.25, -0.2) is 4.79 Å². The van der Waals surface area contributed by atoms with Crippen LogP contribution in [0.5, 0.6) is 0 Å². The Morgan fingerprint density at radius 1 is 1.45 bits per heavy atom. The van der Waals surface area contributed by atoms with E-state index >= 15 is 0 Å². The summed E-state index contributed by atoms with van der Waals surface area (Å²) in [7, 11) is 1.62. The fraction of sp³-hybridized carbons (Fsp3) is 0.857. The molecule has 0 aromatic rings. The van der Waals surface area contributed by atoms with Crippen molar-refractivity contribution in [2.75, 3.05) is 26.8 Å². The van der Waals surface area contributed by atoms with Gasteiger partial charge in [0.25, 0.3) is 0 Å². The third-order valence-corrected chi connectivity index (χ3v) is 3.73. The molecular weight excluding hydrogens is 260 g/mol. The van der Waals surface area contributed by atoms with E-state index in [0.717, 1.165) is 12.8 Å². The van der Waals surface area contributed by atoms with Crippen molar-refractivity contribution in [3.63, 3.8) is 0 Å². The first-order valence-corrected chi connectivity index (χ1v) is 7.20. The average Bonchev–Trinajstić information content (AvgIpc) is 2.37. The number of aliphatic carboxylic acids is 1. The second-order valence-corrected chi connectivity index (χ2v) is 5.81. The van der Waals surface area contributed by atoms with Crippen molar-refractivity contribution in [2.45, 2.75) is 39.2 Å². The van der Waals surface area contributed by atoms with E-state index in [-0.39, 0.29) is 24.4 Å². The summed E-state index contributed by atoms with van der Waals surface area (Å²) in [5.41, 5.74) is 0. The summed E-state index contributed by atoms with van der Waals surface area (Å²) in [6.07, 6.45) is 1.87. The number of likely N-dealkylation sites (tertiary alicyclic amines) is 1. The fourth-order valence-corrected chi connectivity index (χ4v) is 2.49. The number of methoxy groups -OCH3 is 1. The van der Waals surface area contributed by atoms with Crippen molar-refractivity contribution in [2.24, 2.45) is 11.8 Å². The van der Waals surface area contributed by atoms with Crippen molar-refractivity contribution >= 4 is 12.0 Å². The van der Waals surface area contributed by atoms with Crippen molar-refractivity contribution in [3.8, 4) is 0 Å². The lowest BCUT2D eigenvalue weighted by atomic mass is 9.95. The molecule has 2 amide bonds. The van der Waals surface area contributed by atoms with Gasteiger partial charge in [-0.3, -0.25) is 4.79 Å². The van der Waals surface area contributed by atoms with Gasteiger partial charge in [-0.05, 0) is 24.7 Å². The molecule has 2 unspecified atom stereocenters. The highest BCUT2D eigenvalue weighted by atomic mass is 16.5. The number of hydrogen-bond donors (Lipinski definition) is 2. The second-order valence-electron chi connectivity index (χ2n) is 5.81. The van der Waals surface area contributed by atoms with Crippen molar-refractivity contribution in [1.82, 2.24) is 10.2 Å². The maximum Gasteiger partial charge on any atom is 0.317 e. The monoisotopic (exact) mass is 286 g/mol. The summed E-state index contributed by atoms with van der Waals surface area (Å²) in [6.45, 7) is 5.77. The molecule has 0 aliphatic carbocycles. The van der Waals surface area contributed by atoms with Crippen LogP contribution in [-0.2, 0) is 9.53 Å². The van der Waals surface area contributed by atoms with E-state index in [1.165, 1.54) is 0 Å². The zero-order valence-corrected chi connectivity index (χ0v) is 12.6. The molecule has 1 aliphatic heterocycles. The molecule has 0 saturated carbocycles. The number of rotatable bonds is 6. The molecule has 0 radical (unpaired) electrons. The lowest BCUT2D eigenvalue weighted by molar-refractivity contribution is -0.138. The highest BCUT2D eigenvalue weighted by Crippen LogP contribution is 2.19. The molecule has 6 nitrogen and oxygen atoms in total. The first-order chi connectivity index (χ1) is 9.43. The Bertz CT molecular complexity index is 333. The molecule has 1 heterocycles. The number of carbonyl (C=O) groups excluding carboxylic acids is 1. The summed E-state index contributed by atoms with van der Waals surface area (Å²) in [4.78, 5) is 24.7. The van der Waals surface area contributed by atoms with Gasteiger partial charge in [0.2, 0.25) is 0 Å². The maximum absolute atomic E-state index is 12.2. The van der Waals surface area contributed by atoms with Crippen molar-refractivity contribution in [1.29, 1.82) is 0 Å². The number of amides is 2. The van der Waals surface area contributed by atoms with Crippen LogP contribution in [0.3, 0.4) is 0 Å². The summed E-state index contributed by atoms with van der Waals surface area (Å²) in [5, 5.41) is 11.8. The fourth-order valence-electron chi connectivity index (χ4n) is 2.49. The van der Waals surface area contributed by atoms with E-state index in [4.69, 9.17) is 9.84 Å². The molecule has 2 atom stereocenters. The smallest absolute Gasteiger partial charge is 0.317 e. The molecule has 1 fully saturated rings. The molecule has 116 valence electrons. The molecule has 1 rings (SSSR count). The van der Waals surface area contributed by atoms with E-state index in [2.05, 4.69) is 5.32 Å². The summed E-state index contributed by atoms with van der Waals surface area (Å²) in [6, 6.07) is -0.136. The van der Waals surface area contributed by atoms with Crippen LogP contribution >= 0.6 is 0 Å². The SMILES string of the molecule is COCC(NC(=O)N1CCCC(CC(=O)O)C1)C(C)C. The minimum atomic E-state index is -0.795. The van der Waals surface area contributed by atoms with Crippen LogP contribution in [-0.4, -0.2) is 54.9 Å². The number of nitrogens with one attached hydrogen (secondary N) is 1. The van der Waals surface area contributed by atoms with Crippen LogP contribution in [0.4, 0.5) is 4.79 Å². The number of piperidine rings is 1. The summed E-state index contributed by atoms with van der Waals surface area (Å²) >= 11 is 0. The minimum Gasteiger partial charge on any atom is -0.481 e. The molecule has 1 aliphatic rings. The predicted molar refractivity (Wildman–Crippen MR) is 75.6 cm³/mol. The lowest BCUT2D eigenvalue weighted by Crippen LogP contribution is -2.51. The van der Waals surface area contributed by atoms with Gasteiger partial charge in [-0.1, -0.05) is 13.8 Å². The highest BCUT2D eigenvalue weighted by molar-refractivity contribution is 5.75. The zero-order valence-electron chi connectivity index (χ0n) is 12.6. The number of nitrogens with zero attached hydrogens (tertiary/aromatic N) is 1. The van der Waals surface area contributed by atoms with Gasteiger partial charge in [0.15, 0.2) is 0 Å². The first-order valence-electron chi connectivity index (χ1n) is 7.20. The Morgan fingerprint density at radius 3 is 2.70 bits per heavy atom. The molecule has 0 aromatic heterocycles. The Kier molecular flexibility index (Phi) is 6.78. The number of hydrogen-bond acceptors (Lipinski definition) is 3. The number of ether oxygens (including phenoxy) is 1. The summed E-state index contributed by atoms with van der Waals surface area (Å²) in [5.74, 6) is -0.442. The molecular formula is C14H26N2O4. The van der Waals surface area contributed by atoms with Gasteiger partial charge >= 0.3 is 12.0 Å². The molecule has 0 spiro atoms. The van der Waals surface area contributed by atoms with Gasteiger partial charge in [0.1, 0.15) is 0 Å². The van der Waals surface area contributed by atoms with E-state index in [0.29, 0.717) is 25.6 Å². The standard InChI is InChI=1S/C14H26N2O4/c1-10(2)12(9-20-3)15-14(19)16-6-4-5-11(8-16)7-13(17)18/h10-12H,4-9H2,1-3H3,(H,15,19)(H,17,18). The number of urea groups is 1. The average molecular weight is 286 g/mol. The third-order valence-electron chi connectivity index (χ3n) is 3.73. The number of carboxylic acid groups (broad SMARTS) is 1. The highest BCUT2D eigenvalue weighted by Gasteiger charge is 2.27. The van der Waals surface area contributed by atoms with Gasteiger partial charge in [-0.2, -0.15) is 0 Å². The van der Waals surface area contributed by atoms with Crippen LogP contribution in [0.25, 0.3) is 0 Å². The molecule has 1 saturated heterocycles. The second kappa shape index (κ2) is 8.09. The Morgan fingerprint density at radius 2 is 2.15 bits per heavy atom. The molecule has 0 aromatic carbocycles. The van der Waals surface area contributed by atoms with Gasteiger partial charge in [0.05, 0.1) is 12.6 Å². The van der Waals surface area contributed by atoms with Crippen LogP contribution in [0, 0.1) is 11.8 Å². The Balaban J connectivity index is 2.51. The quantitative estimate of drug-likeness (QED) is 0.776. The topological polar surface area (TPSA) is 78.9 Å². The van der Waals surface area contributed by atoms with Gasteiger partial charge < -0.3 is 20.1 Å². The van der Waals surface area contributed by atoms with Gasteiger partial charge in [-0.15, -0.1) is 0 Å². The normalized spacial score (nSPS) is 20.8. The molecule has 0 bridgehead atoms. The maximum atomic E-state index is 12.2. The van der Waals surface area contributed by atoms with E-state index < -0.39 is 5.97 Å². The molecule has 20 heavy (non-hydrogen) atoms. The van der Waals surface area contributed by atoms with Gasteiger partial charge in [0, 0.05) is 26.6 Å². The van der Waals surface area contributed by atoms with Crippen LogP contribution in [0.1, 0.15) is 33.1 Å². The third kappa shape index (κ3) is 5.36. The van der Waals surface area contributed by atoms with Crippen LogP contribution < -0.4 is 5.32 Å². The molecule has 2 N–H and O–H groups in total. The first kappa shape index (κ1) is 16.8. The zero-order chi connectivity index (χ0) is 15.1. The van der Waals surface area contributed by atoms with Crippen LogP contribution in [0.2, 0.25) is 0 Å². The lowest BCUT2D eigenvalue weighted by Gasteiger charge is -2.34. The Labute approximate surface area is 120 Å². The van der Waals surface area contributed by atoms with Crippen LogP contribution in [0.15, 0.2) is 0 Å². The van der Waals surface area contributed by atoms with Crippen molar-refractivity contribution < 1.29 is 19.4 Å². The van der Waals surface area contributed by atoms with E-state index in [9.17, 15) is 9.59 Å². The van der Waals surface area contributed by atoms with E-state index in [1.54, 1.807) is 12.0 Å². The minimum absolute atomic E-state index is 0.0210.